The minimum absolute atomic E-state index is 0.159. The molecule has 2 unspecified atom stereocenters. The van der Waals surface area contributed by atoms with Gasteiger partial charge in [0.15, 0.2) is 0 Å². The molecule has 0 amide bonds. The summed E-state index contributed by atoms with van der Waals surface area (Å²) in [5.41, 5.74) is 7.58. The summed E-state index contributed by atoms with van der Waals surface area (Å²) in [5.74, 6) is 1.87. The molecule has 2 atom stereocenters. The van der Waals surface area contributed by atoms with Crippen molar-refractivity contribution in [2.24, 2.45) is 13.0 Å². The quantitative estimate of drug-likeness (QED) is 0.882. The number of aromatic nitrogens is 3. The van der Waals surface area contributed by atoms with Gasteiger partial charge in [0.05, 0.1) is 6.04 Å². The van der Waals surface area contributed by atoms with Gasteiger partial charge in [-0.3, -0.25) is 5.43 Å². The molecule has 4 rings (SSSR count). The lowest BCUT2D eigenvalue weighted by Crippen LogP contribution is -2.38. The van der Waals surface area contributed by atoms with Crippen LogP contribution in [0.3, 0.4) is 0 Å². The summed E-state index contributed by atoms with van der Waals surface area (Å²) in [5, 5.41) is 8.27. The lowest BCUT2D eigenvalue weighted by atomic mass is 9.91. The average Bonchev–Trinajstić information content (AvgIpc) is 3.25. The van der Waals surface area contributed by atoms with Crippen LogP contribution in [0.4, 0.5) is 4.39 Å². The van der Waals surface area contributed by atoms with Crippen molar-refractivity contribution in [1.82, 2.24) is 30.5 Å². The summed E-state index contributed by atoms with van der Waals surface area (Å²) >= 11 is 0. The molecule has 2 aliphatic heterocycles. The summed E-state index contributed by atoms with van der Waals surface area (Å²) in [6, 6.07) is 7.08. The summed E-state index contributed by atoms with van der Waals surface area (Å²) in [6.07, 6.45) is 4.01. The van der Waals surface area contributed by atoms with Crippen LogP contribution in [0.1, 0.15) is 36.2 Å². The number of hydrogen-bond acceptors (Lipinski definition) is 5. The predicted molar refractivity (Wildman–Crippen MR) is 93.2 cm³/mol. The second-order valence-electron chi connectivity index (χ2n) is 7.19. The Kier molecular flexibility index (Phi) is 4.78. The van der Waals surface area contributed by atoms with Crippen molar-refractivity contribution >= 4 is 0 Å². The Bertz CT molecular complexity index is 709. The summed E-state index contributed by atoms with van der Waals surface area (Å²) in [7, 11) is 2.02. The highest BCUT2D eigenvalue weighted by atomic mass is 19.1. The van der Waals surface area contributed by atoms with Crippen LogP contribution in [0.2, 0.25) is 0 Å². The zero-order chi connectivity index (χ0) is 17.2. The van der Waals surface area contributed by atoms with Gasteiger partial charge in [-0.1, -0.05) is 12.1 Å². The molecular formula is C18H25FN6. The molecule has 0 bridgehead atoms. The van der Waals surface area contributed by atoms with Crippen LogP contribution in [0.5, 0.6) is 0 Å². The minimum Gasteiger partial charge on any atom is -0.320 e. The van der Waals surface area contributed by atoms with E-state index in [1.54, 1.807) is 18.5 Å². The van der Waals surface area contributed by atoms with E-state index in [0.29, 0.717) is 11.8 Å². The van der Waals surface area contributed by atoms with Crippen LogP contribution in [0.25, 0.3) is 0 Å². The van der Waals surface area contributed by atoms with E-state index in [0.717, 1.165) is 50.4 Å². The number of hydrazine groups is 1. The number of nitrogens with zero attached hydrogens (tertiary/aromatic N) is 4. The highest BCUT2D eigenvalue weighted by Gasteiger charge is 2.32. The van der Waals surface area contributed by atoms with Gasteiger partial charge in [-0.2, -0.15) is 0 Å². The molecule has 6 nitrogen and oxygen atoms in total. The van der Waals surface area contributed by atoms with E-state index in [-0.39, 0.29) is 11.9 Å². The molecule has 134 valence electrons. The molecule has 2 aromatic rings. The monoisotopic (exact) mass is 344 g/mol. The van der Waals surface area contributed by atoms with Crippen molar-refractivity contribution in [3.05, 3.63) is 47.8 Å². The summed E-state index contributed by atoms with van der Waals surface area (Å²) < 4.78 is 15.6. The van der Waals surface area contributed by atoms with Crippen molar-refractivity contribution in [2.45, 2.75) is 24.8 Å². The fourth-order valence-electron chi connectivity index (χ4n) is 4.13. The van der Waals surface area contributed by atoms with Gasteiger partial charge in [-0.15, -0.1) is 10.2 Å². The number of rotatable bonds is 4. The smallest absolute Gasteiger partial charge is 0.135 e. The minimum atomic E-state index is -0.172. The van der Waals surface area contributed by atoms with Gasteiger partial charge < -0.3 is 9.47 Å². The van der Waals surface area contributed by atoms with E-state index >= 15 is 0 Å². The molecule has 2 saturated heterocycles. The van der Waals surface area contributed by atoms with Crippen LogP contribution >= 0.6 is 0 Å². The van der Waals surface area contributed by atoms with Gasteiger partial charge >= 0.3 is 0 Å². The molecule has 7 heteroatoms. The summed E-state index contributed by atoms with van der Waals surface area (Å²) in [6.45, 7) is 4.07. The Morgan fingerprint density at radius 3 is 2.84 bits per heavy atom. The molecule has 1 aromatic carbocycles. The van der Waals surface area contributed by atoms with E-state index in [9.17, 15) is 4.39 Å². The predicted octanol–water partition coefficient (Wildman–Crippen LogP) is 1.60. The molecule has 1 aromatic heterocycles. The highest BCUT2D eigenvalue weighted by Crippen LogP contribution is 2.30. The first-order valence-corrected chi connectivity index (χ1v) is 9.01. The Labute approximate surface area is 147 Å². The maximum atomic E-state index is 13.5. The fraction of sp³-hybridized carbons (Fsp3) is 0.556. The van der Waals surface area contributed by atoms with Crippen LogP contribution in [-0.4, -0.2) is 45.8 Å². The number of benzene rings is 1. The molecule has 0 radical (unpaired) electrons. The lowest BCUT2D eigenvalue weighted by Gasteiger charge is -2.34. The van der Waals surface area contributed by atoms with Gasteiger partial charge in [-0.05, 0) is 43.6 Å². The third-order valence-electron chi connectivity index (χ3n) is 5.49. The molecule has 0 aliphatic carbocycles. The third-order valence-corrected chi connectivity index (χ3v) is 5.49. The highest BCUT2D eigenvalue weighted by molar-refractivity contribution is 5.22. The van der Waals surface area contributed by atoms with Crippen LogP contribution in [0, 0.1) is 11.7 Å². The molecule has 2 fully saturated rings. The number of halogens is 1. The van der Waals surface area contributed by atoms with Gasteiger partial charge in [-0.25, -0.2) is 9.82 Å². The standard InChI is InChI=1S/C18H25FN6/c1-24-12-21-23-18(24)13-5-7-25(8-6-13)11-15-10-20-22-17(15)14-3-2-4-16(19)9-14/h2-4,9,12-13,15,17,20,22H,5-8,10-11H2,1H3. The number of hydrogen-bond donors (Lipinski definition) is 2. The molecular weight excluding hydrogens is 319 g/mol. The Morgan fingerprint density at radius 2 is 2.12 bits per heavy atom. The second-order valence-corrected chi connectivity index (χ2v) is 7.19. The van der Waals surface area contributed by atoms with E-state index in [2.05, 4.69) is 25.9 Å². The Morgan fingerprint density at radius 1 is 1.28 bits per heavy atom. The van der Waals surface area contributed by atoms with Crippen molar-refractivity contribution in [3.8, 4) is 0 Å². The lowest BCUT2D eigenvalue weighted by molar-refractivity contribution is 0.177. The van der Waals surface area contributed by atoms with Gasteiger partial charge in [0.2, 0.25) is 0 Å². The number of likely N-dealkylation sites (tertiary alicyclic amines) is 1. The number of nitrogens with one attached hydrogen (secondary N) is 2. The SMILES string of the molecule is Cn1cnnc1C1CCN(CC2CNNC2c2cccc(F)c2)CC1. The van der Waals surface area contributed by atoms with E-state index in [4.69, 9.17) is 0 Å². The number of piperidine rings is 1. The Hall–Kier alpha value is -1.83. The average molecular weight is 344 g/mol. The zero-order valence-electron chi connectivity index (χ0n) is 14.5. The first kappa shape index (κ1) is 16.6. The zero-order valence-corrected chi connectivity index (χ0v) is 14.5. The molecule has 2 aliphatic rings. The van der Waals surface area contributed by atoms with E-state index < -0.39 is 0 Å². The van der Waals surface area contributed by atoms with Crippen molar-refractivity contribution in [1.29, 1.82) is 0 Å². The second kappa shape index (κ2) is 7.19. The molecule has 2 N–H and O–H groups in total. The Balaban J connectivity index is 1.35. The van der Waals surface area contributed by atoms with Gasteiger partial charge in [0, 0.05) is 32.0 Å². The van der Waals surface area contributed by atoms with Crippen molar-refractivity contribution < 1.29 is 4.39 Å². The van der Waals surface area contributed by atoms with Gasteiger partial charge in [0.25, 0.3) is 0 Å². The van der Waals surface area contributed by atoms with Crippen molar-refractivity contribution in [3.63, 3.8) is 0 Å². The van der Waals surface area contributed by atoms with E-state index in [1.807, 2.05) is 17.7 Å². The number of aryl methyl sites for hydroxylation is 1. The van der Waals surface area contributed by atoms with Gasteiger partial charge in [0.1, 0.15) is 18.0 Å². The van der Waals surface area contributed by atoms with Crippen LogP contribution in [-0.2, 0) is 7.05 Å². The largest absolute Gasteiger partial charge is 0.320 e. The maximum Gasteiger partial charge on any atom is 0.135 e. The maximum absolute atomic E-state index is 13.5. The van der Waals surface area contributed by atoms with Crippen molar-refractivity contribution in [2.75, 3.05) is 26.2 Å². The van der Waals surface area contributed by atoms with E-state index in [1.165, 1.54) is 6.07 Å². The first-order chi connectivity index (χ1) is 12.2. The topological polar surface area (TPSA) is 58.0 Å². The molecule has 0 saturated carbocycles. The summed E-state index contributed by atoms with van der Waals surface area (Å²) in [4.78, 5) is 2.53. The normalized spacial score (nSPS) is 25.5. The van der Waals surface area contributed by atoms with Crippen LogP contribution < -0.4 is 10.9 Å². The third kappa shape index (κ3) is 3.58. The molecule has 25 heavy (non-hydrogen) atoms. The molecule has 3 heterocycles. The van der Waals surface area contributed by atoms with Crippen LogP contribution in [0.15, 0.2) is 30.6 Å². The first-order valence-electron chi connectivity index (χ1n) is 9.01. The fourth-order valence-corrected chi connectivity index (χ4v) is 4.13. The molecule has 0 spiro atoms.